The molecule has 0 unspecified atom stereocenters. The van der Waals surface area contributed by atoms with Crippen LogP contribution in [0.5, 0.6) is 0 Å². The van der Waals surface area contributed by atoms with Crippen LogP contribution in [0.4, 0.5) is 0 Å². The number of carbonyl (C=O) groups excluding carboxylic acids is 2. The number of ether oxygens (including phenoxy) is 2. The lowest BCUT2D eigenvalue weighted by Crippen LogP contribution is -2.26. The second-order valence-corrected chi connectivity index (χ2v) is 4.61. The molecule has 0 aliphatic rings. The highest BCUT2D eigenvalue weighted by molar-refractivity contribution is 6.00. The summed E-state index contributed by atoms with van der Waals surface area (Å²) >= 11 is 0. The number of unbranched alkanes of at least 4 members (excludes halogenated alkanes) is 1. The average molecular weight is 302 g/mol. The molecule has 4 nitrogen and oxygen atoms in total. The third-order valence-corrected chi connectivity index (χ3v) is 2.87. The van der Waals surface area contributed by atoms with Crippen LogP contribution in [0.25, 0.3) is 0 Å². The fraction of sp³-hybridized carbons (Fsp3) is 0.444. The zero-order valence-corrected chi connectivity index (χ0v) is 13.3. The number of carbonyl (C=O) groups is 2. The lowest BCUT2D eigenvalue weighted by molar-refractivity contribution is -0.156. The first-order valence-electron chi connectivity index (χ1n) is 7.56. The van der Waals surface area contributed by atoms with Crippen LogP contribution in [-0.2, 0) is 19.1 Å². The van der Waals surface area contributed by atoms with Crippen molar-refractivity contribution >= 4 is 11.9 Å². The van der Waals surface area contributed by atoms with E-state index >= 15 is 0 Å². The first-order valence-corrected chi connectivity index (χ1v) is 7.56. The van der Waals surface area contributed by atoms with Crippen LogP contribution >= 0.6 is 0 Å². The zero-order valence-electron chi connectivity index (χ0n) is 13.3. The largest absolute Gasteiger partial charge is 0.465 e. The second-order valence-electron chi connectivity index (χ2n) is 4.61. The first-order chi connectivity index (χ1) is 10.6. The third-order valence-electron chi connectivity index (χ3n) is 2.87. The van der Waals surface area contributed by atoms with E-state index in [4.69, 9.17) is 9.47 Å². The summed E-state index contributed by atoms with van der Waals surface area (Å²) in [7, 11) is 0. The number of rotatable bonds is 6. The van der Waals surface area contributed by atoms with Crippen molar-refractivity contribution in [1.82, 2.24) is 0 Å². The van der Waals surface area contributed by atoms with Gasteiger partial charge in [0, 0.05) is 12.0 Å². The molecule has 0 radical (unpaired) electrons. The summed E-state index contributed by atoms with van der Waals surface area (Å²) < 4.78 is 9.98. The van der Waals surface area contributed by atoms with Crippen molar-refractivity contribution in [3.05, 3.63) is 35.4 Å². The minimum atomic E-state index is -1.06. The van der Waals surface area contributed by atoms with Crippen molar-refractivity contribution in [3.63, 3.8) is 0 Å². The van der Waals surface area contributed by atoms with Crippen molar-refractivity contribution in [3.8, 4) is 11.8 Å². The normalized spacial score (nSPS) is 9.82. The molecule has 0 saturated heterocycles. The van der Waals surface area contributed by atoms with E-state index in [1.165, 1.54) is 0 Å². The van der Waals surface area contributed by atoms with Crippen LogP contribution in [0.15, 0.2) is 24.3 Å². The van der Waals surface area contributed by atoms with Gasteiger partial charge in [-0.15, -0.1) is 0 Å². The fourth-order valence-electron chi connectivity index (χ4n) is 1.91. The lowest BCUT2D eigenvalue weighted by atomic mass is 9.97. The molecule has 0 fully saturated rings. The summed E-state index contributed by atoms with van der Waals surface area (Å²) in [5.74, 6) is 3.82. The summed E-state index contributed by atoms with van der Waals surface area (Å²) in [6.45, 7) is 5.89. The van der Waals surface area contributed by atoms with Gasteiger partial charge in [-0.25, -0.2) is 0 Å². The standard InChI is InChI=1S/C18H22O4/c1-4-7-8-10-14-11-9-12-15(13-14)16(17(19)21-5-2)18(20)22-6-3/h9,11-13,16H,4-7H2,1-3H3. The van der Waals surface area contributed by atoms with Gasteiger partial charge in [0.1, 0.15) is 0 Å². The van der Waals surface area contributed by atoms with Gasteiger partial charge in [0.2, 0.25) is 0 Å². The van der Waals surface area contributed by atoms with Gasteiger partial charge in [0.05, 0.1) is 13.2 Å². The van der Waals surface area contributed by atoms with E-state index < -0.39 is 17.9 Å². The molecule has 1 rings (SSSR count). The topological polar surface area (TPSA) is 52.6 Å². The van der Waals surface area contributed by atoms with E-state index in [0.717, 1.165) is 18.4 Å². The average Bonchev–Trinajstić information content (AvgIpc) is 2.49. The zero-order chi connectivity index (χ0) is 16.4. The molecule has 1 aromatic rings. The van der Waals surface area contributed by atoms with Crippen molar-refractivity contribution in [2.45, 2.75) is 39.5 Å². The highest BCUT2D eigenvalue weighted by Gasteiger charge is 2.31. The number of hydrogen-bond acceptors (Lipinski definition) is 4. The van der Waals surface area contributed by atoms with E-state index in [0.29, 0.717) is 5.56 Å². The Morgan fingerprint density at radius 1 is 1.09 bits per heavy atom. The van der Waals surface area contributed by atoms with Crippen molar-refractivity contribution in [2.24, 2.45) is 0 Å². The van der Waals surface area contributed by atoms with Crippen LogP contribution in [-0.4, -0.2) is 25.2 Å². The molecule has 0 bridgehead atoms. The van der Waals surface area contributed by atoms with E-state index in [2.05, 4.69) is 18.8 Å². The van der Waals surface area contributed by atoms with Gasteiger partial charge in [0.15, 0.2) is 5.92 Å². The summed E-state index contributed by atoms with van der Waals surface area (Å²) in [6.07, 6.45) is 1.80. The maximum Gasteiger partial charge on any atom is 0.324 e. The minimum Gasteiger partial charge on any atom is -0.465 e. The Bertz CT molecular complexity index is 548. The molecular formula is C18H22O4. The van der Waals surface area contributed by atoms with E-state index in [9.17, 15) is 9.59 Å². The summed E-state index contributed by atoms with van der Waals surface area (Å²) in [5, 5.41) is 0. The van der Waals surface area contributed by atoms with Crippen LogP contribution < -0.4 is 0 Å². The molecule has 118 valence electrons. The Labute approximate surface area is 131 Å². The predicted molar refractivity (Wildman–Crippen MR) is 84.2 cm³/mol. The molecule has 0 aliphatic heterocycles. The maximum absolute atomic E-state index is 12.1. The smallest absolute Gasteiger partial charge is 0.324 e. The SMILES string of the molecule is CCCC#Cc1cccc(C(C(=O)OCC)C(=O)OCC)c1. The second kappa shape index (κ2) is 9.62. The van der Waals surface area contributed by atoms with Gasteiger partial charge >= 0.3 is 11.9 Å². The molecule has 0 amide bonds. The fourth-order valence-corrected chi connectivity index (χ4v) is 1.91. The van der Waals surface area contributed by atoms with Crippen LogP contribution in [0.3, 0.4) is 0 Å². The minimum absolute atomic E-state index is 0.213. The van der Waals surface area contributed by atoms with Gasteiger partial charge in [-0.05, 0) is 38.0 Å². The molecule has 0 spiro atoms. The summed E-state index contributed by atoms with van der Waals surface area (Å²) in [4.78, 5) is 24.1. The van der Waals surface area contributed by atoms with Crippen molar-refractivity contribution in [2.75, 3.05) is 13.2 Å². The van der Waals surface area contributed by atoms with E-state index in [1.54, 1.807) is 32.0 Å². The third kappa shape index (κ3) is 5.25. The molecule has 1 aromatic carbocycles. The summed E-state index contributed by atoms with van der Waals surface area (Å²) in [6, 6.07) is 7.07. The Hall–Kier alpha value is -2.28. The molecule has 0 aliphatic carbocycles. The molecule has 4 heteroatoms. The van der Waals surface area contributed by atoms with E-state index in [-0.39, 0.29) is 13.2 Å². The van der Waals surface area contributed by atoms with Gasteiger partial charge in [-0.3, -0.25) is 9.59 Å². The Kier molecular flexibility index (Phi) is 7.77. The van der Waals surface area contributed by atoms with Crippen LogP contribution in [0.1, 0.15) is 50.7 Å². The number of esters is 2. The van der Waals surface area contributed by atoms with Crippen molar-refractivity contribution < 1.29 is 19.1 Å². The molecule has 0 aromatic heterocycles. The highest BCUT2D eigenvalue weighted by atomic mass is 16.6. The molecule has 0 N–H and O–H groups in total. The first kappa shape index (κ1) is 17.8. The molecule has 22 heavy (non-hydrogen) atoms. The summed E-state index contributed by atoms with van der Waals surface area (Å²) in [5.41, 5.74) is 1.31. The predicted octanol–water partition coefficient (Wildman–Crippen LogP) is 3.05. The molecular weight excluding hydrogens is 280 g/mol. The molecule has 0 heterocycles. The van der Waals surface area contributed by atoms with Gasteiger partial charge < -0.3 is 9.47 Å². The van der Waals surface area contributed by atoms with Gasteiger partial charge in [-0.1, -0.05) is 30.9 Å². The number of benzene rings is 1. The Morgan fingerprint density at radius 3 is 2.27 bits per heavy atom. The quantitative estimate of drug-likeness (QED) is 0.460. The van der Waals surface area contributed by atoms with Crippen LogP contribution in [0, 0.1) is 11.8 Å². The van der Waals surface area contributed by atoms with Crippen LogP contribution in [0.2, 0.25) is 0 Å². The Morgan fingerprint density at radius 2 is 1.73 bits per heavy atom. The Balaban J connectivity index is 3.09. The number of hydrogen-bond donors (Lipinski definition) is 0. The maximum atomic E-state index is 12.1. The van der Waals surface area contributed by atoms with Gasteiger partial charge in [-0.2, -0.15) is 0 Å². The molecule has 0 atom stereocenters. The van der Waals surface area contributed by atoms with Gasteiger partial charge in [0.25, 0.3) is 0 Å². The highest BCUT2D eigenvalue weighted by Crippen LogP contribution is 2.20. The van der Waals surface area contributed by atoms with Crippen molar-refractivity contribution in [1.29, 1.82) is 0 Å². The van der Waals surface area contributed by atoms with E-state index in [1.807, 2.05) is 6.07 Å². The lowest BCUT2D eigenvalue weighted by Gasteiger charge is -2.14. The molecule has 0 saturated carbocycles. The monoisotopic (exact) mass is 302 g/mol.